The predicted octanol–water partition coefficient (Wildman–Crippen LogP) is 4.67. The highest BCUT2D eigenvalue weighted by Gasteiger charge is 2.06. The van der Waals surface area contributed by atoms with Crippen LogP contribution in [0.2, 0.25) is 0 Å². The number of pyridine rings is 2. The molecule has 0 fully saturated rings. The number of nitrogens with one attached hydrogen (secondary N) is 1. The van der Waals surface area contributed by atoms with Gasteiger partial charge in [-0.05, 0) is 46.5 Å². The van der Waals surface area contributed by atoms with Crippen LogP contribution in [0.5, 0.6) is 0 Å². The Balaban J connectivity index is 1.35. The Hall–Kier alpha value is -3.79. The van der Waals surface area contributed by atoms with Crippen molar-refractivity contribution in [3.8, 4) is 22.4 Å². The van der Waals surface area contributed by atoms with Gasteiger partial charge >= 0.3 is 0 Å². The lowest BCUT2D eigenvalue weighted by Gasteiger charge is -2.08. The van der Waals surface area contributed by atoms with Gasteiger partial charge in [-0.3, -0.25) is 14.8 Å². The van der Waals surface area contributed by atoms with Gasteiger partial charge in [0.2, 0.25) is 5.91 Å². The van der Waals surface area contributed by atoms with Gasteiger partial charge in [0.15, 0.2) is 0 Å². The number of carbonyl (C=O) groups is 1. The van der Waals surface area contributed by atoms with E-state index < -0.39 is 0 Å². The van der Waals surface area contributed by atoms with Crippen molar-refractivity contribution in [1.82, 2.24) is 15.3 Å². The predicted molar refractivity (Wildman–Crippen MR) is 115 cm³/mol. The van der Waals surface area contributed by atoms with E-state index in [0.29, 0.717) is 13.0 Å². The van der Waals surface area contributed by atoms with E-state index in [1.165, 1.54) is 5.56 Å². The third-order valence-electron chi connectivity index (χ3n) is 4.70. The molecule has 4 nitrogen and oxygen atoms in total. The van der Waals surface area contributed by atoms with Crippen LogP contribution in [0.4, 0.5) is 0 Å². The van der Waals surface area contributed by atoms with E-state index in [1.54, 1.807) is 18.6 Å². The number of benzene rings is 2. The summed E-state index contributed by atoms with van der Waals surface area (Å²) < 4.78 is 0. The lowest BCUT2D eigenvalue weighted by molar-refractivity contribution is -0.120. The van der Waals surface area contributed by atoms with E-state index >= 15 is 0 Å². The van der Waals surface area contributed by atoms with Gasteiger partial charge in [0.05, 0.1) is 12.1 Å². The summed E-state index contributed by atoms with van der Waals surface area (Å²) in [6.45, 7) is 0.469. The molecule has 1 N–H and O–H groups in total. The first-order valence-electron chi connectivity index (χ1n) is 9.54. The van der Waals surface area contributed by atoms with Crippen LogP contribution in [-0.4, -0.2) is 15.9 Å². The molecule has 4 heteroatoms. The highest BCUT2D eigenvalue weighted by molar-refractivity contribution is 5.79. The average Bonchev–Trinajstić information content (AvgIpc) is 2.80. The van der Waals surface area contributed by atoms with Gasteiger partial charge < -0.3 is 5.32 Å². The van der Waals surface area contributed by atoms with Crippen molar-refractivity contribution in [2.45, 2.75) is 13.0 Å². The molecule has 0 unspecified atom stereocenters. The van der Waals surface area contributed by atoms with Crippen molar-refractivity contribution >= 4 is 5.91 Å². The molecular formula is C25H21N3O. The molecule has 0 aliphatic carbocycles. The largest absolute Gasteiger partial charge is 0.352 e. The zero-order valence-corrected chi connectivity index (χ0v) is 16.0. The third kappa shape index (κ3) is 4.93. The van der Waals surface area contributed by atoms with Crippen LogP contribution < -0.4 is 5.32 Å². The Morgan fingerprint density at radius 1 is 0.759 bits per heavy atom. The SMILES string of the molecule is O=C(Cc1ccc(-c2ccccc2)cc1)NCc1ccnc(-c2cccnc2)c1. The van der Waals surface area contributed by atoms with Crippen LogP contribution in [0.3, 0.4) is 0 Å². The minimum atomic E-state index is -0.00259. The molecule has 0 aliphatic heterocycles. The quantitative estimate of drug-likeness (QED) is 0.530. The maximum atomic E-state index is 12.4. The minimum absolute atomic E-state index is 0.00259. The summed E-state index contributed by atoms with van der Waals surface area (Å²) >= 11 is 0. The lowest BCUT2D eigenvalue weighted by atomic mass is 10.0. The second-order valence-electron chi connectivity index (χ2n) is 6.81. The van der Waals surface area contributed by atoms with Crippen LogP contribution in [0.25, 0.3) is 22.4 Å². The van der Waals surface area contributed by atoms with Gasteiger partial charge in [0.1, 0.15) is 0 Å². The molecule has 0 saturated heterocycles. The molecule has 1 amide bonds. The van der Waals surface area contributed by atoms with Crippen molar-refractivity contribution in [2.75, 3.05) is 0 Å². The smallest absolute Gasteiger partial charge is 0.224 e. The fourth-order valence-electron chi connectivity index (χ4n) is 3.15. The van der Waals surface area contributed by atoms with Gasteiger partial charge in [-0.25, -0.2) is 0 Å². The van der Waals surface area contributed by atoms with Crippen LogP contribution >= 0.6 is 0 Å². The van der Waals surface area contributed by atoms with E-state index in [1.807, 2.05) is 54.6 Å². The lowest BCUT2D eigenvalue weighted by Crippen LogP contribution is -2.24. The van der Waals surface area contributed by atoms with Gasteiger partial charge in [-0.15, -0.1) is 0 Å². The summed E-state index contributed by atoms with van der Waals surface area (Å²) in [5.74, 6) is -0.00259. The molecule has 2 aromatic carbocycles. The molecule has 0 saturated carbocycles. The molecule has 0 radical (unpaired) electrons. The number of rotatable bonds is 6. The highest BCUT2D eigenvalue weighted by Crippen LogP contribution is 2.19. The van der Waals surface area contributed by atoms with Gasteiger partial charge in [0.25, 0.3) is 0 Å². The topological polar surface area (TPSA) is 54.9 Å². The molecule has 142 valence electrons. The zero-order chi connectivity index (χ0) is 19.9. The van der Waals surface area contributed by atoms with Crippen LogP contribution in [0, 0.1) is 0 Å². The fraction of sp³-hybridized carbons (Fsp3) is 0.0800. The monoisotopic (exact) mass is 379 g/mol. The summed E-state index contributed by atoms with van der Waals surface area (Å²) in [5.41, 5.74) is 6.13. The Labute approximate surface area is 170 Å². The van der Waals surface area contributed by atoms with Gasteiger partial charge in [-0.2, -0.15) is 0 Å². The average molecular weight is 379 g/mol. The zero-order valence-electron chi connectivity index (χ0n) is 16.0. The summed E-state index contributed by atoms with van der Waals surface area (Å²) in [6, 6.07) is 26.1. The van der Waals surface area contributed by atoms with Gasteiger partial charge in [0, 0.05) is 30.7 Å². The number of amides is 1. The highest BCUT2D eigenvalue weighted by atomic mass is 16.1. The first-order valence-corrected chi connectivity index (χ1v) is 9.54. The Kier molecular flexibility index (Phi) is 5.72. The first-order chi connectivity index (χ1) is 14.3. The second kappa shape index (κ2) is 8.93. The number of nitrogens with zero attached hydrogens (tertiary/aromatic N) is 2. The summed E-state index contributed by atoms with van der Waals surface area (Å²) in [7, 11) is 0. The molecule has 0 spiro atoms. The van der Waals surface area contributed by atoms with E-state index in [9.17, 15) is 4.79 Å². The van der Waals surface area contributed by atoms with E-state index in [4.69, 9.17) is 0 Å². The number of hydrogen-bond acceptors (Lipinski definition) is 3. The number of hydrogen-bond donors (Lipinski definition) is 1. The molecule has 4 aromatic rings. The molecule has 2 heterocycles. The van der Waals surface area contributed by atoms with Crippen molar-refractivity contribution in [3.05, 3.63) is 109 Å². The van der Waals surface area contributed by atoms with E-state index in [-0.39, 0.29) is 5.91 Å². The van der Waals surface area contributed by atoms with Gasteiger partial charge in [-0.1, -0.05) is 54.6 Å². The number of carbonyl (C=O) groups excluding carboxylic acids is 1. The second-order valence-corrected chi connectivity index (χ2v) is 6.81. The summed E-state index contributed by atoms with van der Waals surface area (Å²) in [5, 5.41) is 2.99. The maximum absolute atomic E-state index is 12.4. The van der Waals surface area contributed by atoms with Crippen LogP contribution in [0.1, 0.15) is 11.1 Å². The van der Waals surface area contributed by atoms with Crippen LogP contribution in [0.15, 0.2) is 97.5 Å². The standard InChI is InChI=1S/C25H21N3O/c29-25(16-19-8-10-22(11-9-19)21-5-2-1-3-6-21)28-17-20-12-14-27-24(15-20)23-7-4-13-26-18-23/h1-15,18H,16-17H2,(H,28,29). The molecular weight excluding hydrogens is 358 g/mol. The maximum Gasteiger partial charge on any atom is 0.224 e. The van der Waals surface area contributed by atoms with Crippen molar-refractivity contribution in [3.63, 3.8) is 0 Å². The minimum Gasteiger partial charge on any atom is -0.352 e. The Morgan fingerprint density at radius 2 is 1.52 bits per heavy atom. The fourth-order valence-corrected chi connectivity index (χ4v) is 3.15. The normalized spacial score (nSPS) is 10.5. The Bertz CT molecular complexity index is 1080. The molecule has 4 rings (SSSR count). The van der Waals surface area contributed by atoms with Crippen LogP contribution in [-0.2, 0) is 17.8 Å². The molecule has 0 aliphatic rings. The Morgan fingerprint density at radius 3 is 2.28 bits per heavy atom. The van der Waals surface area contributed by atoms with Crippen molar-refractivity contribution < 1.29 is 4.79 Å². The van der Waals surface area contributed by atoms with Crippen molar-refractivity contribution in [1.29, 1.82) is 0 Å². The molecule has 29 heavy (non-hydrogen) atoms. The van der Waals surface area contributed by atoms with E-state index in [0.717, 1.165) is 27.9 Å². The van der Waals surface area contributed by atoms with Crippen molar-refractivity contribution in [2.24, 2.45) is 0 Å². The number of aromatic nitrogens is 2. The summed E-state index contributed by atoms with van der Waals surface area (Å²) in [6.07, 6.45) is 5.63. The third-order valence-corrected chi connectivity index (χ3v) is 4.70. The van der Waals surface area contributed by atoms with E-state index in [2.05, 4.69) is 39.6 Å². The molecule has 2 aromatic heterocycles. The molecule has 0 atom stereocenters. The summed E-state index contributed by atoms with van der Waals surface area (Å²) in [4.78, 5) is 20.9. The molecule has 0 bridgehead atoms. The first kappa shape index (κ1) is 18.6.